The van der Waals surface area contributed by atoms with E-state index >= 15 is 0 Å². The smallest absolute Gasteiger partial charge is 0.363 e. The van der Waals surface area contributed by atoms with Gasteiger partial charge in [-0.15, -0.1) is 0 Å². The fourth-order valence-electron chi connectivity index (χ4n) is 2.45. The van der Waals surface area contributed by atoms with Crippen molar-refractivity contribution in [1.82, 2.24) is 0 Å². The highest BCUT2D eigenvalue weighted by Crippen LogP contribution is 2.31. The zero-order valence-electron chi connectivity index (χ0n) is 14.7. The van der Waals surface area contributed by atoms with Crippen LogP contribution in [0.4, 0.5) is 0 Å². The minimum absolute atomic E-state index is 0.00639. The zero-order chi connectivity index (χ0) is 18.7. The van der Waals surface area contributed by atoms with Crippen molar-refractivity contribution in [2.75, 3.05) is 7.11 Å². The number of aliphatic imine (C=N–C) groups is 1. The summed E-state index contributed by atoms with van der Waals surface area (Å²) in [4.78, 5) is 16.4. The molecular weight excluding hydrogens is 354 g/mol. The third kappa shape index (κ3) is 3.89. The SMILES string of the molecule is COc1ccc(/C=C2\N=C(c3ccccc3Cl)OC2=O)cc1OC(C)C. The Hall–Kier alpha value is -2.79. The summed E-state index contributed by atoms with van der Waals surface area (Å²) in [7, 11) is 1.58. The second-order valence-electron chi connectivity index (χ2n) is 5.89. The lowest BCUT2D eigenvalue weighted by Gasteiger charge is -2.13. The number of hydrogen-bond donors (Lipinski definition) is 0. The van der Waals surface area contributed by atoms with Crippen LogP contribution in [0.2, 0.25) is 5.02 Å². The third-order valence-corrected chi connectivity index (χ3v) is 3.91. The van der Waals surface area contributed by atoms with Crippen LogP contribution in [-0.2, 0) is 9.53 Å². The number of rotatable bonds is 5. The lowest BCUT2D eigenvalue weighted by molar-refractivity contribution is -0.129. The molecule has 0 atom stereocenters. The standard InChI is InChI=1S/C20H18ClNO4/c1-12(2)25-18-11-13(8-9-17(18)24-3)10-16-20(23)26-19(22-16)14-6-4-5-7-15(14)21/h4-12H,1-3H3/b16-10-. The van der Waals surface area contributed by atoms with Gasteiger partial charge in [-0.2, -0.15) is 0 Å². The summed E-state index contributed by atoms with van der Waals surface area (Å²) in [5.41, 5.74) is 1.52. The Balaban J connectivity index is 1.94. The molecule has 1 aliphatic heterocycles. The molecule has 26 heavy (non-hydrogen) atoms. The van der Waals surface area contributed by atoms with E-state index in [0.717, 1.165) is 5.56 Å². The van der Waals surface area contributed by atoms with Crippen molar-refractivity contribution in [3.63, 3.8) is 0 Å². The van der Waals surface area contributed by atoms with Gasteiger partial charge in [-0.3, -0.25) is 0 Å². The summed E-state index contributed by atoms with van der Waals surface area (Å²) in [5, 5.41) is 0.470. The van der Waals surface area contributed by atoms with Crippen LogP contribution in [0.1, 0.15) is 25.0 Å². The van der Waals surface area contributed by atoms with Gasteiger partial charge in [0.15, 0.2) is 17.2 Å². The maximum Gasteiger partial charge on any atom is 0.363 e. The summed E-state index contributed by atoms with van der Waals surface area (Å²) in [5.74, 6) is 0.884. The number of cyclic esters (lactones) is 1. The Morgan fingerprint density at radius 1 is 1.15 bits per heavy atom. The molecule has 134 valence electrons. The number of halogens is 1. The van der Waals surface area contributed by atoms with Crippen molar-refractivity contribution in [2.45, 2.75) is 20.0 Å². The molecule has 0 aliphatic carbocycles. The maximum atomic E-state index is 12.2. The summed E-state index contributed by atoms with van der Waals surface area (Å²) in [6.45, 7) is 3.86. The van der Waals surface area contributed by atoms with Crippen LogP contribution in [0.25, 0.3) is 6.08 Å². The van der Waals surface area contributed by atoms with Crippen molar-refractivity contribution < 1.29 is 19.0 Å². The van der Waals surface area contributed by atoms with E-state index in [1.807, 2.05) is 19.9 Å². The number of ether oxygens (including phenoxy) is 3. The number of carbonyl (C=O) groups is 1. The fourth-order valence-corrected chi connectivity index (χ4v) is 2.66. The Bertz CT molecular complexity index is 902. The van der Waals surface area contributed by atoms with Crippen molar-refractivity contribution in [3.8, 4) is 11.5 Å². The number of benzene rings is 2. The molecule has 0 amide bonds. The average molecular weight is 372 g/mol. The number of nitrogens with zero attached hydrogens (tertiary/aromatic N) is 1. The van der Waals surface area contributed by atoms with Crippen LogP contribution in [0.3, 0.4) is 0 Å². The van der Waals surface area contributed by atoms with Gasteiger partial charge in [0, 0.05) is 0 Å². The quantitative estimate of drug-likeness (QED) is 0.574. The van der Waals surface area contributed by atoms with E-state index in [9.17, 15) is 4.79 Å². The molecule has 2 aromatic carbocycles. The lowest BCUT2D eigenvalue weighted by Crippen LogP contribution is -2.07. The Kier molecular flexibility index (Phi) is 5.28. The molecule has 0 N–H and O–H groups in total. The van der Waals surface area contributed by atoms with Gasteiger partial charge in [0.25, 0.3) is 0 Å². The van der Waals surface area contributed by atoms with Gasteiger partial charge in [-0.25, -0.2) is 9.79 Å². The van der Waals surface area contributed by atoms with Crippen LogP contribution in [0, 0.1) is 0 Å². The highest BCUT2D eigenvalue weighted by Gasteiger charge is 2.25. The molecule has 1 heterocycles. The molecule has 0 radical (unpaired) electrons. The molecule has 0 bridgehead atoms. The molecule has 3 rings (SSSR count). The molecule has 5 nitrogen and oxygen atoms in total. The molecule has 2 aromatic rings. The van der Waals surface area contributed by atoms with Gasteiger partial charge >= 0.3 is 5.97 Å². The third-order valence-electron chi connectivity index (χ3n) is 3.58. The Morgan fingerprint density at radius 3 is 2.62 bits per heavy atom. The normalized spacial score (nSPS) is 15.2. The maximum absolute atomic E-state index is 12.2. The van der Waals surface area contributed by atoms with E-state index in [4.69, 9.17) is 25.8 Å². The Labute approximate surface area is 156 Å². The summed E-state index contributed by atoms with van der Waals surface area (Å²) >= 11 is 6.14. The fraction of sp³-hybridized carbons (Fsp3) is 0.200. The molecule has 1 aliphatic rings. The monoisotopic (exact) mass is 371 g/mol. The molecule has 0 unspecified atom stereocenters. The minimum atomic E-state index is -0.526. The molecule has 0 aromatic heterocycles. The second-order valence-corrected chi connectivity index (χ2v) is 6.30. The summed E-state index contributed by atoms with van der Waals surface area (Å²) in [6.07, 6.45) is 1.63. The first-order valence-corrected chi connectivity index (χ1v) is 8.48. The molecule has 0 saturated heterocycles. The van der Waals surface area contributed by atoms with Gasteiger partial charge in [-0.1, -0.05) is 29.8 Å². The van der Waals surface area contributed by atoms with E-state index in [2.05, 4.69) is 4.99 Å². The van der Waals surface area contributed by atoms with Gasteiger partial charge in [-0.05, 0) is 49.8 Å². The largest absolute Gasteiger partial charge is 0.493 e. The first kappa shape index (κ1) is 18.0. The molecule has 0 spiro atoms. The van der Waals surface area contributed by atoms with E-state index in [1.54, 1.807) is 49.6 Å². The predicted octanol–water partition coefficient (Wildman–Crippen LogP) is 4.48. The van der Waals surface area contributed by atoms with Crippen LogP contribution in [-0.4, -0.2) is 25.1 Å². The van der Waals surface area contributed by atoms with Crippen LogP contribution >= 0.6 is 11.6 Å². The van der Waals surface area contributed by atoms with Crippen LogP contribution < -0.4 is 9.47 Å². The highest BCUT2D eigenvalue weighted by atomic mass is 35.5. The first-order chi connectivity index (χ1) is 12.5. The van der Waals surface area contributed by atoms with Crippen molar-refractivity contribution in [3.05, 3.63) is 64.3 Å². The molecular formula is C20H18ClNO4. The average Bonchev–Trinajstić information content (AvgIpc) is 2.95. The number of esters is 1. The number of hydrogen-bond acceptors (Lipinski definition) is 5. The van der Waals surface area contributed by atoms with E-state index in [0.29, 0.717) is 22.1 Å². The predicted molar refractivity (Wildman–Crippen MR) is 101 cm³/mol. The topological polar surface area (TPSA) is 57.1 Å². The molecule has 0 fully saturated rings. The minimum Gasteiger partial charge on any atom is -0.493 e. The van der Waals surface area contributed by atoms with Gasteiger partial charge < -0.3 is 14.2 Å². The van der Waals surface area contributed by atoms with Gasteiger partial charge in [0.2, 0.25) is 5.90 Å². The molecule has 0 saturated carbocycles. The van der Waals surface area contributed by atoms with E-state index in [1.165, 1.54) is 0 Å². The highest BCUT2D eigenvalue weighted by molar-refractivity contribution is 6.34. The van der Waals surface area contributed by atoms with Crippen LogP contribution in [0.15, 0.2) is 53.2 Å². The van der Waals surface area contributed by atoms with E-state index in [-0.39, 0.29) is 17.7 Å². The van der Waals surface area contributed by atoms with Crippen molar-refractivity contribution in [1.29, 1.82) is 0 Å². The summed E-state index contributed by atoms with van der Waals surface area (Å²) < 4.78 is 16.3. The lowest BCUT2D eigenvalue weighted by atomic mass is 10.1. The summed E-state index contributed by atoms with van der Waals surface area (Å²) in [6, 6.07) is 12.5. The molecule has 6 heteroatoms. The van der Waals surface area contributed by atoms with Crippen molar-refractivity contribution in [2.24, 2.45) is 4.99 Å². The van der Waals surface area contributed by atoms with Gasteiger partial charge in [0.05, 0.1) is 23.8 Å². The second kappa shape index (κ2) is 7.62. The van der Waals surface area contributed by atoms with Crippen molar-refractivity contribution >= 4 is 29.5 Å². The van der Waals surface area contributed by atoms with E-state index < -0.39 is 5.97 Å². The first-order valence-electron chi connectivity index (χ1n) is 8.10. The number of methoxy groups -OCH3 is 1. The Morgan fingerprint density at radius 2 is 1.92 bits per heavy atom. The van der Waals surface area contributed by atoms with Gasteiger partial charge in [0.1, 0.15) is 0 Å². The zero-order valence-corrected chi connectivity index (χ0v) is 15.4. The number of carbonyl (C=O) groups excluding carboxylic acids is 1. The van der Waals surface area contributed by atoms with Crippen LogP contribution in [0.5, 0.6) is 11.5 Å².